The van der Waals surface area contributed by atoms with Crippen LogP contribution in [0.2, 0.25) is 0 Å². The van der Waals surface area contributed by atoms with Gasteiger partial charge < -0.3 is 30.4 Å². The SMILES string of the molecule is CCCCC(NC(=O)c1[nH]c2c(c1C)C(O)CC(C)(C)C2)C(=O)Nc1ccc(OC2CCN(C)CC2)cc1. The Morgan fingerprint density at radius 3 is 2.55 bits per heavy atom. The molecule has 0 saturated carbocycles. The van der Waals surface area contributed by atoms with Gasteiger partial charge in [-0.25, -0.2) is 0 Å². The van der Waals surface area contributed by atoms with Gasteiger partial charge in [-0.05, 0) is 81.3 Å². The Balaban J connectivity index is 1.40. The van der Waals surface area contributed by atoms with Crippen LogP contribution in [0.25, 0.3) is 0 Å². The topological polar surface area (TPSA) is 107 Å². The molecule has 1 aliphatic carbocycles. The number of ether oxygens (including phenoxy) is 1. The molecular weight excluding hydrogens is 480 g/mol. The fourth-order valence-electron chi connectivity index (χ4n) is 5.72. The summed E-state index contributed by atoms with van der Waals surface area (Å²) in [5.41, 5.74) is 3.54. The molecule has 2 atom stereocenters. The summed E-state index contributed by atoms with van der Waals surface area (Å²) in [7, 11) is 2.13. The minimum Gasteiger partial charge on any atom is -0.490 e. The van der Waals surface area contributed by atoms with E-state index < -0.39 is 12.1 Å². The van der Waals surface area contributed by atoms with Crippen LogP contribution < -0.4 is 15.4 Å². The van der Waals surface area contributed by atoms with Crippen LogP contribution in [0, 0.1) is 12.3 Å². The third-order valence-corrected chi connectivity index (χ3v) is 7.90. The minimum absolute atomic E-state index is 0.0469. The van der Waals surface area contributed by atoms with Gasteiger partial charge in [-0.2, -0.15) is 0 Å². The van der Waals surface area contributed by atoms with Gasteiger partial charge in [-0.15, -0.1) is 0 Å². The van der Waals surface area contributed by atoms with Crippen molar-refractivity contribution in [2.75, 3.05) is 25.5 Å². The minimum atomic E-state index is -0.668. The van der Waals surface area contributed by atoms with Gasteiger partial charge >= 0.3 is 0 Å². The van der Waals surface area contributed by atoms with Gasteiger partial charge in [0.05, 0.1) is 6.10 Å². The smallest absolute Gasteiger partial charge is 0.268 e. The second-order valence-electron chi connectivity index (χ2n) is 11.9. The van der Waals surface area contributed by atoms with E-state index >= 15 is 0 Å². The average Bonchev–Trinajstić information content (AvgIpc) is 3.19. The Bertz CT molecular complexity index is 1120. The first-order valence-corrected chi connectivity index (χ1v) is 14.0. The summed E-state index contributed by atoms with van der Waals surface area (Å²) >= 11 is 0. The summed E-state index contributed by atoms with van der Waals surface area (Å²) < 4.78 is 6.11. The van der Waals surface area contributed by atoms with Gasteiger partial charge in [0, 0.05) is 30.0 Å². The highest BCUT2D eigenvalue weighted by atomic mass is 16.5. The van der Waals surface area contributed by atoms with Crippen molar-refractivity contribution in [3.8, 4) is 5.75 Å². The first kappa shape index (κ1) is 28.2. The van der Waals surface area contributed by atoms with Gasteiger partial charge in [-0.1, -0.05) is 33.6 Å². The first-order chi connectivity index (χ1) is 18.1. The average molecular weight is 525 g/mol. The predicted octanol–water partition coefficient (Wildman–Crippen LogP) is 4.73. The molecule has 208 valence electrons. The lowest BCUT2D eigenvalue weighted by Crippen LogP contribution is -2.44. The van der Waals surface area contributed by atoms with Crippen LogP contribution in [0.4, 0.5) is 5.69 Å². The largest absolute Gasteiger partial charge is 0.490 e. The van der Waals surface area contributed by atoms with E-state index in [4.69, 9.17) is 4.74 Å². The second kappa shape index (κ2) is 11.9. The number of rotatable bonds is 9. The number of unbranched alkanes of at least 4 members (excludes halogenated alkanes) is 1. The van der Waals surface area contributed by atoms with E-state index in [9.17, 15) is 14.7 Å². The number of nitrogens with zero attached hydrogens (tertiary/aromatic N) is 1. The number of piperidine rings is 1. The quantitative estimate of drug-likeness (QED) is 0.380. The molecule has 0 bridgehead atoms. The summed E-state index contributed by atoms with van der Waals surface area (Å²) in [4.78, 5) is 32.1. The number of aromatic amines is 1. The van der Waals surface area contributed by atoms with Crippen molar-refractivity contribution in [3.63, 3.8) is 0 Å². The van der Waals surface area contributed by atoms with Crippen LogP contribution in [0.15, 0.2) is 24.3 Å². The molecule has 2 aliphatic rings. The molecule has 2 amide bonds. The Morgan fingerprint density at radius 1 is 1.21 bits per heavy atom. The maximum Gasteiger partial charge on any atom is 0.268 e. The molecule has 1 fully saturated rings. The summed E-state index contributed by atoms with van der Waals surface area (Å²) in [6.45, 7) is 10.2. The van der Waals surface area contributed by atoms with Crippen molar-refractivity contribution in [2.45, 2.75) is 90.9 Å². The maximum atomic E-state index is 13.3. The summed E-state index contributed by atoms with van der Waals surface area (Å²) in [5.74, 6) is 0.232. The lowest BCUT2D eigenvalue weighted by molar-refractivity contribution is -0.118. The highest BCUT2D eigenvalue weighted by molar-refractivity contribution is 6.01. The molecule has 1 saturated heterocycles. The number of anilines is 1. The summed E-state index contributed by atoms with van der Waals surface area (Å²) in [5, 5.41) is 16.6. The molecular formula is C30H44N4O4. The molecule has 38 heavy (non-hydrogen) atoms. The second-order valence-corrected chi connectivity index (χ2v) is 11.9. The Labute approximate surface area is 226 Å². The van der Waals surface area contributed by atoms with Crippen molar-refractivity contribution < 1.29 is 19.4 Å². The lowest BCUT2D eigenvalue weighted by atomic mass is 9.75. The van der Waals surface area contributed by atoms with Crippen LogP contribution in [0.1, 0.15) is 92.7 Å². The zero-order valence-corrected chi connectivity index (χ0v) is 23.5. The number of aliphatic hydroxyl groups excluding tert-OH is 1. The number of hydrogen-bond donors (Lipinski definition) is 4. The zero-order valence-electron chi connectivity index (χ0n) is 23.5. The molecule has 1 aromatic carbocycles. The van der Waals surface area contributed by atoms with Gasteiger partial charge in [-0.3, -0.25) is 9.59 Å². The number of H-pyrrole nitrogens is 1. The van der Waals surface area contributed by atoms with Crippen molar-refractivity contribution in [1.82, 2.24) is 15.2 Å². The van der Waals surface area contributed by atoms with Gasteiger partial charge in [0.15, 0.2) is 0 Å². The van der Waals surface area contributed by atoms with Gasteiger partial charge in [0.25, 0.3) is 5.91 Å². The number of carbonyl (C=O) groups is 2. The number of fused-ring (bicyclic) bond motifs is 1. The molecule has 1 aliphatic heterocycles. The number of amides is 2. The summed E-state index contributed by atoms with van der Waals surface area (Å²) in [6.07, 6.45) is 5.33. The Morgan fingerprint density at radius 2 is 1.89 bits per heavy atom. The lowest BCUT2D eigenvalue weighted by Gasteiger charge is -2.33. The van der Waals surface area contributed by atoms with Crippen LogP contribution in [0.5, 0.6) is 5.75 Å². The van der Waals surface area contributed by atoms with E-state index in [1.54, 1.807) is 0 Å². The molecule has 8 heteroatoms. The van der Waals surface area contributed by atoms with Crippen LogP contribution in [0.3, 0.4) is 0 Å². The number of likely N-dealkylation sites (tertiary alicyclic amines) is 1. The third-order valence-electron chi connectivity index (χ3n) is 7.90. The fourth-order valence-corrected chi connectivity index (χ4v) is 5.72. The molecule has 0 radical (unpaired) electrons. The molecule has 2 heterocycles. The van der Waals surface area contributed by atoms with Crippen LogP contribution in [-0.2, 0) is 11.2 Å². The number of aromatic nitrogens is 1. The standard InChI is InChI=1S/C30H44N4O4/c1-6-7-8-23(33-29(37)27-19(2)26-24(32-27)17-30(3,4)18-25(26)35)28(36)31-20-9-11-21(12-10-20)38-22-13-15-34(5)16-14-22/h9-12,22-23,25,32,35H,6-8,13-18H2,1-5H3,(H,31,36)(H,33,37). The molecule has 4 rings (SSSR count). The zero-order chi connectivity index (χ0) is 27.4. The normalized spacial score (nSPS) is 20.4. The van der Waals surface area contributed by atoms with E-state index in [-0.39, 0.29) is 23.3 Å². The molecule has 2 aromatic rings. The van der Waals surface area contributed by atoms with Gasteiger partial charge in [0.2, 0.25) is 5.91 Å². The number of carbonyl (C=O) groups excluding carboxylic acids is 2. The van der Waals surface area contributed by atoms with Crippen LogP contribution >= 0.6 is 0 Å². The molecule has 2 unspecified atom stereocenters. The molecule has 8 nitrogen and oxygen atoms in total. The highest BCUT2D eigenvalue weighted by Crippen LogP contribution is 2.42. The van der Waals surface area contributed by atoms with E-state index in [0.29, 0.717) is 24.2 Å². The fraction of sp³-hybridized carbons (Fsp3) is 0.600. The van der Waals surface area contributed by atoms with Crippen molar-refractivity contribution in [1.29, 1.82) is 0 Å². The van der Waals surface area contributed by atoms with Crippen LogP contribution in [-0.4, -0.2) is 59.1 Å². The highest BCUT2D eigenvalue weighted by Gasteiger charge is 2.36. The molecule has 1 aromatic heterocycles. The number of hydrogen-bond acceptors (Lipinski definition) is 5. The van der Waals surface area contributed by atoms with Crippen molar-refractivity contribution in [2.24, 2.45) is 5.41 Å². The summed E-state index contributed by atoms with van der Waals surface area (Å²) in [6, 6.07) is 6.78. The first-order valence-electron chi connectivity index (χ1n) is 14.0. The van der Waals surface area contributed by atoms with Crippen molar-refractivity contribution in [3.05, 3.63) is 46.8 Å². The monoisotopic (exact) mass is 524 g/mol. The van der Waals surface area contributed by atoms with E-state index in [1.807, 2.05) is 31.2 Å². The number of nitrogens with one attached hydrogen (secondary N) is 3. The van der Waals surface area contributed by atoms with E-state index in [0.717, 1.165) is 67.8 Å². The number of benzene rings is 1. The third kappa shape index (κ3) is 6.77. The molecule has 0 spiro atoms. The number of aliphatic hydroxyl groups is 1. The van der Waals surface area contributed by atoms with E-state index in [1.165, 1.54) is 0 Å². The van der Waals surface area contributed by atoms with Gasteiger partial charge in [0.1, 0.15) is 23.6 Å². The van der Waals surface area contributed by atoms with E-state index in [2.05, 4.69) is 48.3 Å². The maximum absolute atomic E-state index is 13.3. The van der Waals surface area contributed by atoms with Crippen molar-refractivity contribution >= 4 is 17.5 Å². The Hall–Kier alpha value is -2.84. The molecule has 4 N–H and O–H groups in total. The predicted molar refractivity (Wildman–Crippen MR) is 150 cm³/mol. The Kier molecular flexibility index (Phi) is 8.83.